The van der Waals surface area contributed by atoms with Gasteiger partial charge >= 0.3 is 0 Å². The van der Waals surface area contributed by atoms with E-state index in [1.165, 1.54) is 0 Å². The maximum absolute atomic E-state index is 11.9. The SMILES string of the molecule is Cc1cc(NC(=O)C2CCCCN2)n(C)n1.Cl. The third kappa shape index (κ3) is 3.44. The molecule has 2 N–H and O–H groups in total. The minimum Gasteiger partial charge on any atom is -0.310 e. The standard InChI is InChI=1S/C11H18N4O.ClH/c1-8-7-10(15(2)14-8)13-11(16)9-5-3-4-6-12-9;/h7,9,12H,3-6H2,1-2H3,(H,13,16);1H. The number of halogens is 1. The van der Waals surface area contributed by atoms with Gasteiger partial charge in [0.15, 0.2) is 0 Å². The van der Waals surface area contributed by atoms with E-state index in [4.69, 9.17) is 0 Å². The maximum Gasteiger partial charge on any atom is 0.242 e. The van der Waals surface area contributed by atoms with Crippen LogP contribution in [0.3, 0.4) is 0 Å². The van der Waals surface area contributed by atoms with Gasteiger partial charge in [0.1, 0.15) is 5.82 Å². The van der Waals surface area contributed by atoms with Crippen molar-refractivity contribution in [2.24, 2.45) is 7.05 Å². The summed E-state index contributed by atoms with van der Waals surface area (Å²) in [6, 6.07) is 1.82. The lowest BCUT2D eigenvalue weighted by Gasteiger charge is -2.22. The first-order valence-corrected chi connectivity index (χ1v) is 5.72. The molecule has 1 aromatic rings. The zero-order valence-electron chi connectivity index (χ0n) is 10.2. The Balaban J connectivity index is 0.00000144. The Hall–Kier alpha value is -1.07. The molecule has 2 rings (SSSR count). The van der Waals surface area contributed by atoms with Crippen molar-refractivity contribution in [1.82, 2.24) is 15.1 Å². The average molecular weight is 259 g/mol. The van der Waals surface area contributed by atoms with E-state index in [2.05, 4.69) is 15.7 Å². The lowest BCUT2D eigenvalue weighted by atomic mass is 10.0. The first kappa shape index (κ1) is 14.0. The predicted octanol–water partition coefficient (Wildman–Crippen LogP) is 1.23. The molecule has 1 aromatic heterocycles. The third-order valence-corrected chi connectivity index (χ3v) is 2.88. The van der Waals surface area contributed by atoms with E-state index in [9.17, 15) is 4.79 Å². The number of anilines is 1. The van der Waals surface area contributed by atoms with Crippen LogP contribution < -0.4 is 10.6 Å². The number of nitrogens with one attached hydrogen (secondary N) is 2. The highest BCUT2D eigenvalue weighted by atomic mass is 35.5. The van der Waals surface area contributed by atoms with E-state index >= 15 is 0 Å². The Labute approximate surface area is 107 Å². The summed E-state index contributed by atoms with van der Waals surface area (Å²) in [5.41, 5.74) is 0.911. The Kier molecular flexibility index (Phi) is 4.96. The van der Waals surface area contributed by atoms with Gasteiger partial charge in [-0.05, 0) is 26.3 Å². The minimum atomic E-state index is -0.0519. The molecule has 1 fully saturated rings. The van der Waals surface area contributed by atoms with Gasteiger partial charge in [0.05, 0.1) is 11.7 Å². The van der Waals surface area contributed by atoms with Crippen molar-refractivity contribution < 1.29 is 4.79 Å². The molecule has 1 saturated heterocycles. The molecule has 0 aliphatic carbocycles. The van der Waals surface area contributed by atoms with E-state index in [-0.39, 0.29) is 24.4 Å². The van der Waals surface area contributed by atoms with Crippen molar-refractivity contribution in [3.63, 3.8) is 0 Å². The molecular weight excluding hydrogens is 240 g/mol. The Morgan fingerprint density at radius 3 is 2.88 bits per heavy atom. The fraction of sp³-hybridized carbons (Fsp3) is 0.636. The van der Waals surface area contributed by atoms with Gasteiger partial charge in [0.2, 0.25) is 5.91 Å². The molecule has 0 bridgehead atoms. The molecular formula is C11H19ClN4O. The van der Waals surface area contributed by atoms with Gasteiger partial charge in [-0.2, -0.15) is 5.10 Å². The summed E-state index contributed by atoms with van der Waals surface area (Å²) in [7, 11) is 1.83. The van der Waals surface area contributed by atoms with Crippen molar-refractivity contribution in [2.45, 2.75) is 32.2 Å². The Morgan fingerprint density at radius 1 is 1.59 bits per heavy atom. The molecule has 0 spiro atoms. The first-order valence-electron chi connectivity index (χ1n) is 5.72. The number of amides is 1. The van der Waals surface area contributed by atoms with Gasteiger partial charge in [-0.3, -0.25) is 9.48 Å². The van der Waals surface area contributed by atoms with Gasteiger partial charge in [-0.1, -0.05) is 6.42 Å². The second-order valence-corrected chi connectivity index (χ2v) is 4.29. The number of rotatable bonds is 2. The minimum absolute atomic E-state index is 0. The molecule has 1 aliphatic rings. The largest absolute Gasteiger partial charge is 0.310 e. The van der Waals surface area contributed by atoms with Crippen LogP contribution in [0.5, 0.6) is 0 Å². The van der Waals surface area contributed by atoms with E-state index in [0.29, 0.717) is 0 Å². The molecule has 17 heavy (non-hydrogen) atoms. The molecule has 5 nitrogen and oxygen atoms in total. The number of hydrogen-bond donors (Lipinski definition) is 2. The van der Waals surface area contributed by atoms with Gasteiger partial charge in [-0.15, -0.1) is 12.4 Å². The number of piperidine rings is 1. The molecule has 0 radical (unpaired) electrons. The zero-order valence-corrected chi connectivity index (χ0v) is 11.0. The number of nitrogens with zero attached hydrogens (tertiary/aromatic N) is 2. The van der Waals surface area contributed by atoms with Crippen LogP contribution >= 0.6 is 12.4 Å². The summed E-state index contributed by atoms with van der Waals surface area (Å²) in [5, 5.41) is 10.3. The molecule has 0 aromatic carbocycles. The van der Waals surface area contributed by atoms with E-state index in [1.54, 1.807) is 4.68 Å². The topological polar surface area (TPSA) is 59.0 Å². The monoisotopic (exact) mass is 258 g/mol. The summed E-state index contributed by atoms with van der Waals surface area (Å²) in [5.74, 6) is 0.803. The highest BCUT2D eigenvalue weighted by molar-refractivity contribution is 5.94. The van der Waals surface area contributed by atoms with Crippen LogP contribution in [0, 0.1) is 6.92 Å². The van der Waals surface area contributed by atoms with Crippen LogP contribution in [-0.2, 0) is 11.8 Å². The third-order valence-electron chi connectivity index (χ3n) is 2.88. The van der Waals surface area contributed by atoms with Gasteiger partial charge in [-0.25, -0.2) is 0 Å². The number of aryl methyl sites for hydroxylation is 2. The fourth-order valence-corrected chi connectivity index (χ4v) is 2.02. The second-order valence-electron chi connectivity index (χ2n) is 4.29. The molecule has 2 heterocycles. The molecule has 0 saturated carbocycles. The smallest absolute Gasteiger partial charge is 0.242 e. The Bertz CT molecular complexity index is 385. The van der Waals surface area contributed by atoms with Crippen LogP contribution in [0.25, 0.3) is 0 Å². The summed E-state index contributed by atoms with van der Waals surface area (Å²) < 4.78 is 1.69. The maximum atomic E-state index is 11.9. The van der Waals surface area contributed by atoms with Gasteiger partial charge < -0.3 is 10.6 Å². The van der Waals surface area contributed by atoms with Crippen molar-refractivity contribution in [3.8, 4) is 0 Å². The summed E-state index contributed by atoms with van der Waals surface area (Å²) in [6.07, 6.45) is 3.20. The van der Waals surface area contributed by atoms with Crippen LogP contribution in [0.4, 0.5) is 5.82 Å². The lowest BCUT2D eigenvalue weighted by molar-refractivity contribution is -0.118. The normalized spacial score (nSPS) is 19.5. The van der Waals surface area contributed by atoms with Crippen LogP contribution in [0.2, 0.25) is 0 Å². The molecule has 96 valence electrons. The molecule has 1 aliphatic heterocycles. The summed E-state index contributed by atoms with van der Waals surface area (Å²) in [4.78, 5) is 11.9. The summed E-state index contributed by atoms with van der Waals surface area (Å²) >= 11 is 0. The predicted molar refractivity (Wildman–Crippen MR) is 69.5 cm³/mol. The average Bonchev–Trinajstić information content (AvgIpc) is 2.59. The van der Waals surface area contributed by atoms with Crippen molar-refractivity contribution in [3.05, 3.63) is 11.8 Å². The van der Waals surface area contributed by atoms with Crippen LogP contribution in [-0.4, -0.2) is 28.3 Å². The van der Waals surface area contributed by atoms with Crippen molar-refractivity contribution >= 4 is 24.1 Å². The number of carbonyl (C=O) groups excluding carboxylic acids is 1. The zero-order chi connectivity index (χ0) is 11.5. The van der Waals surface area contributed by atoms with E-state index in [1.807, 2.05) is 20.0 Å². The first-order chi connectivity index (χ1) is 7.66. The molecule has 1 amide bonds. The van der Waals surface area contributed by atoms with E-state index < -0.39 is 0 Å². The van der Waals surface area contributed by atoms with Gasteiger partial charge in [0.25, 0.3) is 0 Å². The number of carbonyl (C=O) groups is 1. The van der Waals surface area contributed by atoms with Crippen molar-refractivity contribution in [1.29, 1.82) is 0 Å². The Morgan fingerprint density at radius 2 is 2.35 bits per heavy atom. The number of hydrogen-bond acceptors (Lipinski definition) is 3. The van der Waals surface area contributed by atoms with Crippen LogP contribution in [0.1, 0.15) is 25.0 Å². The second kappa shape index (κ2) is 6.02. The van der Waals surface area contributed by atoms with Crippen LogP contribution in [0.15, 0.2) is 6.07 Å². The lowest BCUT2D eigenvalue weighted by Crippen LogP contribution is -2.43. The highest BCUT2D eigenvalue weighted by Crippen LogP contribution is 2.12. The van der Waals surface area contributed by atoms with Crippen molar-refractivity contribution in [2.75, 3.05) is 11.9 Å². The van der Waals surface area contributed by atoms with Gasteiger partial charge in [0, 0.05) is 13.1 Å². The highest BCUT2D eigenvalue weighted by Gasteiger charge is 2.21. The summed E-state index contributed by atoms with van der Waals surface area (Å²) in [6.45, 7) is 2.84. The quantitative estimate of drug-likeness (QED) is 0.839. The molecule has 1 atom stereocenters. The molecule has 1 unspecified atom stereocenters. The number of aromatic nitrogens is 2. The fourth-order valence-electron chi connectivity index (χ4n) is 2.02. The molecule has 6 heteroatoms. The van der Waals surface area contributed by atoms with E-state index in [0.717, 1.165) is 37.3 Å².